The topological polar surface area (TPSA) is 41.6 Å². The minimum absolute atomic E-state index is 0.196. The third-order valence-electron chi connectivity index (χ3n) is 4.84. The summed E-state index contributed by atoms with van der Waals surface area (Å²) in [6.07, 6.45) is 8.39. The van der Waals surface area contributed by atoms with E-state index in [1.165, 1.54) is 32.1 Å². The zero-order chi connectivity index (χ0) is 13.2. The lowest BCUT2D eigenvalue weighted by atomic mass is 9.86. The Hall–Kier alpha value is -0.990. The SMILES string of the molecule is C=CCN1C(N)=NCC12CCCC(C(C)C)CC2. The maximum absolute atomic E-state index is 6.04. The first-order chi connectivity index (χ1) is 8.59. The fourth-order valence-corrected chi connectivity index (χ4v) is 3.57. The second kappa shape index (κ2) is 5.33. The van der Waals surface area contributed by atoms with Crippen molar-refractivity contribution in [3.05, 3.63) is 12.7 Å². The highest BCUT2D eigenvalue weighted by atomic mass is 15.4. The largest absolute Gasteiger partial charge is 0.370 e. The van der Waals surface area contributed by atoms with Gasteiger partial charge in [-0.1, -0.05) is 32.8 Å². The van der Waals surface area contributed by atoms with E-state index in [1.54, 1.807) is 0 Å². The van der Waals surface area contributed by atoms with Gasteiger partial charge in [-0.25, -0.2) is 0 Å². The lowest BCUT2D eigenvalue weighted by molar-refractivity contribution is 0.185. The van der Waals surface area contributed by atoms with Crippen LogP contribution in [0.4, 0.5) is 0 Å². The van der Waals surface area contributed by atoms with Crippen LogP contribution < -0.4 is 5.73 Å². The molecule has 0 aromatic rings. The Kier molecular flexibility index (Phi) is 3.98. The molecule has 2 N–H and O–H groups in total. The Morgan fingerprint density at radius 1 is 1.50 bits per heavy atom. The molecule has 1 spiro atoms. The Labute approximate surface area is 111 Å². The molecular formula is C15H27N3. The van der Waals surface area contributed by atoms with Crippen molar-refractivity contribution in [3.8, 4) is 0 Å². The van der Waals surface area contributed by atoms with Crippen LogP contribution in [0.3, 0.4) is 0 Å². The first kappa shape index (κ1) is 13.4. The van der Waals surface area contributed by atoms with E-state index in [9.17, 15) is 0 Å². The molecule has 3 heteroatoms. The third-order valence-corrected chi connectivity index (χ3v) is 4.84. The second-order valence-electron chi connectivity index (χ2n) is 6.23. The van der Waals surface area contributed by atoms with Gasteiger partial charge < -0.3 is 10.6 Å². The fourth-order valence-electron chi connectivity index (χ4n) is 3.57. The summed E-state index contributed by atoms with van der Waals surface area (Å²) in [5.74, 6) is 2.39. The van der Waals surface area contributed by atoms with Gasteiger partial charge in [0.1, 0.15) is 0 Å². The minimum atomic E-state index is 0.196. The molecule has 0 aromatic heterocycles. The molecule has 3 nitrogen and oxygen atoms in total. The lowest BCUT2D eigenvalue weighted by Gasteiger charge is -2.38. The molecule has 2 unspecified atom stereocenters. The van der Waals surface area contributed by atoms with Gasteiger partial charge in [-0.15, -0.1) is 6.58 Å². The maximum atomic E-state index is 6.04. The highest BCUT2D eigenvalue weighted by molar-refractivity contribution is 5.81. The molecule has 1 aliphatic heterocycles. The van der Waals surface area contributed by atoms with Gasteiger partial charge in [0.15, 0.2) is 5.96 Å². The lowest BCUT2D eigenvalue weighted by Crippen LogP contribution is -2.51. The first-order valence-electron chi connectivity index (χ1n) is 7.27. The van der Waals surface area contributed by atoms with E-state index in [4.69, 9.17) is 5.73 Å². The van der Waals surface area contributed by atoms with Crippen LogP contribution in [0, 0.1) is 11.8 Å². The van der Waals surface area contributed by atoms with Crippen molar-refractivity contribution in [1.82, 2.24) is 4.90 Å². The Bertz CT molecular complexity index is 335. The molecule has 102 valence electrons. The molecule has 1 fully saturated rings. The summed E-state index contributed by atoms with van der Waals surface area (Å²) in [7, 11) is 0. The molecule has 0 radical (unpaired) electrons. The molecule has 0 aromatic carbocycles. The maximum Gasteiger partial charge on any atom is 0.192 e. The number of guanidine groups is 1. The van der Waals surface area contributed by atoms with Crippen LogP contribution in [0.15, 0.2) is 17.6 Å². The van der Waals surface area contributed by atoms with E-state index in [-0.39, 0.29) is 5.54 Å². The van der Waals surface area contributed by atoms with E-state index in [0.29, 0.717) is 0 Å². The fraction of sp³-hybridized carbons (Fsp3) is 0.800. The summed E-state index contributed by atoms with van der Waals surface area (Å²) in [6, 6.07) is 0. The molecule has 1 saturated carbocycles. The summed E-state index contributed by atoms with van der Waals surface area (Å²) in [4.78, 5) is 6.79. The van der Waals surface area contributed by atoms with Gasteiger partial charge in [-0.3, -0.25) is 4.99 Å². The van der Waals surface area contributed by atoms with Gasteiger partial charge in [0.05, 0.1) is 12.1 Å². The molecule has 1 aliphatic carbocycles. The molecule has 0 saturated heterocycles. The van der Waals surface area contributed by atoms with Crippen molar-refractivity contribution >= 4 is 5.96 Å². The van der Waals surface area contributed by atoms with Crippen LogP contribution in [0.2, 0.25) is 0 Å². The second-order valence-corrected chi connectivity index (χ2v) is 6.23. The van der Waals surface area contributed by atoms with E-state index >= 15 is 0 Å². The predicted molar refractivity (Wildman–Crippen MR) is 77.5 cm³/mol. The summed E-state index contributed by atoms with van der Waals surface area (Å²) < 4.78 is 0. The number of nitrogens with zero attached hydrogens (tertiary/aromatic N) is 2. The molecule has 2 atom stereocenters. The van der Waals surface area contributed by atoms with Gasteiger partial charge in [0, 0.05) is 6.54 Å². The molecule has 1 heterocycles. The monoisotopic (exact) mass is 249 g/mol. The Balaban J connectivity index is 2.10. The Morgan fingerprint density at radius 3 is 2.94 bits per heavy atom. The molecule has 2 aliphatic rings. The number of rotatable bonds is 3. The van der Waals surface area contributed by atoms with Crippen LogP contribution in [-0.4, -0.2) is 29.5 Å². The summed E-state index contributed by atoms with van der Waals surface area (Å²) >= 11 is 0. The van der Waals surface area contributed by atoms with E-state index in [0.717, 1.165) is 30.9 Å². The Morgan fingerprint density at radius 2 is 2.28 bits per heavy atom. The van der Waals surface area contributed by atoms with Crippen LogP contribution in [0.25, 0.3) is 0 Å². The third kappa shape index (κ3) is 2.40. The number of nitrogens with two attached hydrogens (primary N) is 1. The average Bonchev–Trinajstić information content (AvgIpc) is 2.54. The van der Waals surface area contributed by atoms with Crippen LogP contribution in [0.1, 0.15) is 46.0 Å². The average molecular weight is 249 g/mol. The zero-order valence-electron chi connectivity index (χ0n) is 11.9. The van der Waals surface area contributed by atoms with Gasteiger partial charge in [0.25, 0.3) is 0 Å². The van der Waals surface area contributed by atoms with Crippen LogP contribution in [0.5, 0.6) is 0 Å². The normalized spacial score (nSPS) is 32.7. The molecule has 18 heavy (non-hydrogen) atoms. The standard InChI is InChI=1S/C15H27N3/c1-4-10-18-14(16)17-11-15(18)8-5-6-13(7-9-15)12(2)3/h4,12-13H,1,5-11H2,2-3H3,(H2,16,17). The molecule has 0 bridgehead atoms. The highest BCUT2D eigenvalue weighted by Gasteiger charge is 2.42. The van der Waals surface area contributed by atoms with E-state index in [1.807, 2.05) is 6.08 Å². The summed E-state index contributed by atoms with van der Waals surface area (Å²) in [6.45, 7) is 10.3. The molecule has 2 rings (SSSR count). The minimum Gasteiger partial charge on any atom is -0.370 e. The van der Waals surface area contributed by atoms with Gasteiger partial charge in [-0.05, 0) is 31.1 Å². The number of aliphatic imine (C=N–C) groups is 1. The highest BCUT2D eigenvalue weighted by Crippen LogP contribution is 2.39. The summed E-state index contributed by atoms with van der Waals surface area (Å²) in [5.41, 5.74) is 6.24. The van der Waals surface area contributed by atoms with Gasteiger partial charge >= 0.3 is 0 Å². The first-order valence-corrected chi connectivity index (χ1v) is 7.27. The predicted octanol–water partition coefficient (Wildman–Crippen LogP) is 2.78. The van der Waals surface area contributed by atoms with Crippen LogP contribution in [-0.2, 0) is 0 Å². The summed E-state index contributed by atoms with van der Waals surface area (Å²) in [5, 5.41) is 0. The van der Waals surface area contributed by atoms with Crippen molar-refractivity contribution in [2.45, 2.75) is 51.5 Å². The smallest absolute Gasteiger partial charge is 0.192 e. The van der Waals surface area contributed by atoms with Crippen molar-refractivity contribution in [2.75, 3.05) is 13.1 Å². The van der Waals surface area contributed by atoms with Crippen molar-refractivity contribution < 1.29 is 0 Å². The van der Waals surface area contributed by atoms with Crippen molar-refractivity contribution in [2.24, 2.45) is 22.6 Å². The van der Waals surface area contributed by atoms with Crippen molar-refractivity contribution in [1.29, 1.82) is 0 Å². The van der Waals surface area contributed by atoms with Crippen LogP contribution >= 0.6 is 0 Å². The number of hydrogen-bond donors (Lipinski definition) is 1. The molecule has 0 amide bonds. The van der Waals surface area contributed by atoms with Gasteiger partial charge in [-0.2, -0.15) is 0 Å². The quantitative estimate of drug-likeness (QED) is 0.781. The van der Waals surface area contributed by atoms with Crippen molar-refractivity contribution in [3.63, 3.8) is 0 Å². The number of hydrogen-bond acceptors (Lipinski definition) is 3. The van der Waals surface area contributed by atoms with E-state index < -0.39 is 0 Å². The van der Waals surface area contributed by atoms with Gasteiger partial charge in [0.2, 0.25) is 0 Å². The zero-order valence-corrected chi connectivity index (χ0v) is 11.9. The molecular weight excluding hydrogens is 222 g/mol. The van der Waals surface area contributed by atoms with E-state index in [2.05, 4.69) is 30.3 Å².